The molecule has 1 N–H and O–H groups in total. The van der Waals surface area contributed by atoms with E-state index in [0.717, 1.165) is 13.0 Å². The van der Waals surface area contributed by atoms with Crippen molar-refractivity contribution in [3.05, 3.63) is 12.2 Å². The highest BCUT2D eigenvalue weighted by Gasteiger charge is 1.98. The minimum Gasteiger partial charge on any atom is -0.379 e. The summed E-state index contributed by atoms with van der Waals surface area (Å²) in [7, 11) is 0. The molecule has 0 aliphatic rings. The van der Waals surface area contributed by atoms with Crippen LogP contribution in [0.3, 0.4) is 0 Å². The molecule has 4 heteroatoms. The molecule has 0 saturated carbocycles. The molecule has 0 unspecified atom stereocenters. The number of ether oxygens (including phenoxy) is 2. The van der Waals surface area contributed by atoms with Crippen molar-refractivity contribution in [2.24, 2.45) is 0 Å². The highest BCUT2D eigenvalue weighted by atomic mass is 16.5. The van der Waals surface area contributed by atoms with E-state index < -0.39 is 0 Å². The zero-order valence-corrected chi connectivity index (χ0v) is 9.67. The third-order valence-corrected chi connectivity index (χ3v) is 1.64. The number of carbonyl (C=O) groups excluding carboxylic acids is 1. The van der Waals surface area contributed by atoms with Crippen LogP contribution in [0.15, 0.2) is 12.2 Å². The molecule has 0 aliphatic carbocycles. The first-order chi connectivity index (χ1) is 7.18. The molecule has 88 valence electrons. The van der Waals surface area contributed by atoms with Crippen molar-refractivity contribution in [2.45, 2.75) is 20.3 Å². The lowest BCUT2D eigenvalue weighted by Crippen LogP contribution is -2.27. The second-order valence-corrected chi connectivity index (χ2v) is 3.26. The predicted octanol–water partition coefficient (Wildman–Crippen LogP) is 1.12. The Morgan fingerprint density at radius 2 is 1.80 bits per heavy atom. The molecule has 0 saturated heterocycles. The zero-order chi connectivity index (χ0) is 11.5. The first kappa shape index (κ1) is 14.1. The second kappa shape index (κ2) is 9.68. The molecule has 0 aromatic rings. The molecule has 0 aliphatic heterocycles. The molecular weight excluding hydrogens is 194 g/mol. The molecule has 0 aromatic heterocycles. The van der Waals surface area contributed by atoms with Gasteiger partial charge in [0.25, 0.3) is 0 Å². The smallest absolute Gasteiger partial charge is 0.246 e. The molecule has 0 spiro atoms. The number of rotatable bonds is 9. The molecular formula is C11H21NO3. The Hall–Kier alpha value is -0.870. The van der Waals surface area contributed by atoms with Crippen molar-refractivity contribution < 1.29 is 14.3 Å². The van der Waals surface area contributed by atoms with Gasteiger partial charge in [-0.25, -0.2) is 0 Å². The maximum atomic E-state index is 11.0. The maximum Gasteiger partial charge on any atom is 0.246 e. The van der Waals surface area contributed by atoms with Crippen LogP contribution in [-0.2, 0) is 14.3 Å². The Bertz CT molecular complexity index is 192. The lowest BCUT2D eigenvalue weighted by atomic mass is 10.3. The van der Waals surface area contributed by atoms with Crippen molar-refractivity contribution in [3.63, 3.8) is 0 Å². The van der Waals surface area contributed by atoms with Gasteiger partial charge in [-0.05, 0) is 13.3 Å². The van der Waals surface area contributed by atoms with Gasteiger partial charge in [0.2, 0.25) is 5.91 Å². The first-order valence-electron chi connectivity index (χ1n) is 5.27. The van der Waals surface area contributed by atoms with Gasteiger partial charge in [-0.15, -0.1) is 0 Å². The van der Waals surface area contributed by atoms with E-state index in [4.69, 9.17) is 9.47 Å². The Kier molecular flexibility index (Phi) is 9.11. The van der Waals surface area contributed by atoms with E-state index in [9.17, 15) is 4.79 Å². The maximum absolute atomic E-state index is 11.0. The topological polar surface area (TPSA) is 47.6 Å². The van der Waals surface area contributed by atoms with Crippen LogP contribution in [0.1, 0.15) is 20.3 Å². The van der Waals surface area contributed by atoms with E-state index in [-0.39, 0.29) is 5.91 Å². The molecule has 0 atom stereocenters. The quantitative estimate of drug-likeness (QED) is 0.463. The summed E-state index contributed by atoms with van der Waals surface area (Å²) in [5, 5.41) is 2.68. The monoisotopic (exact) mass is 215 g/mol. The molecule has 0 aromatic carbocycles. The van der Waals surface area contributed by atoms with Gasteiger partial charge in [0.15, 0.2) is 0 Å². The SMILES string of the molecule is C=C(C)C(=O)NCCOCCOCCC. The Balaban J connectivity index is 3.11. The first-order valence-corrected chi connectivity index (χ1v) is 5.27. The van der Waals surface area contributed by atoms with E-state index in [0.29, 0.717) is 31.9 Å². The summed E-state index contributed by atoms with van der Waals surface area (Å²) in [6.07, 6.45) is 1.02. The fourth-order valence-electron chi connectivity index (χ4n) is 0.854. The second-order valence-electron chi connectivity index (χ2n) is 3.26. The average molecular weight is 215 g/mol. The Morgan fingerprint density at radius 1 is 1.20 bits per heavy atom. The van der Waals surface area contributed by atoms with Crippen molar-refractivity contribution in [1.82, 2.24) is 5.32 Å². The Morgan fingerprint density at radius 3 is 2.33 bits per heavy atom. The minimum absolute atomic E-state index is 0.124. The summed E-state index contributed by atoms with van der Waals surface area (Å²) < 4.78 is 10.5. The summed E-state index contributed by atoms with van der Waals surface area (Å²) in [6, 6.07) is 0. The van der Waals surface area contributed by atoms with Crippen molar-refractivity contribution >= 4 is 5.91 Å². The zero-order valence-electron chi connectivity index (χ0n) is 9.67. The van der Waals surface area contributed by atoms with Crippen molar-refractivity contribution in [2.75, 3.05) is 33.0 Å². The van der Waals surface area contributed by atoms with E-state index in [1.165, 1.54) is 0 Å². The molecule has 4 nitrogen and oxygen atoms in total. The van der Waals surface area contributed by atoms with E-state index in [1.54, 1.807) is 6.92 Å². The summed E-state index contributed by atoms with van der Waals surface area (Å²) in [6.45, 7) is 10.3. The molecule has 1 amide bonds. The van der Waals surface area contributed by atoms with Gasteiger partial charge in [-0.3, -0.25) is 4.79 Å². The number of carbonyl (C=O) groups is 1. The normalized spacial score (nSPS) is 10.0. The van der Waals surface area contributed by atoms with Crippen molar-refractivity contribution in [1.29, 1.82) is 0 Å². The highest BCUT2D eigenvalue weighted by molar-refractivity contribution is 5.91. The fourth-order valence-corrected chi connectivity index (χ4v) is 0.854. The van der Waals surface area contributed by atoms with Gasteiger partial charge < -0.3 is 14.8 Å². The van der Waals surface area contributed by atoms with Gasteiger partial charge in [-0.2, -0.15) is 0 Å². The van der Waals surface area contributed by atoms with Crippen LogP contribution in [0.2, 0.25) is 0 Å². The summed E-state index contributed by atoms with van der Waals surface area (Å²) in [4.78, 5) is 11.0. The third kappa shape index (κ3) is 9.43. The number of nitrogens with one attached hydrogen (secondary N) is 1. The molecule has 0 radical (unpaired) electrons. The Labute approximate surface area is 91.6 Å². The van der Waals surface area contributed by atoms with Gasteiger partial charge in [0, 0.05) is 18.7 Å². The van der Waals surface area contributed by atoms with Crippen LogP contribution in [0, 0.1) is 0 Å². The minimum atomic E-state index is -0.124. The largest absolute Gasteiger partial charge is 0.379 e. The molecule has 0 fully saturated rings. The number of amides is 1. The van der Waals surface area contributed by atoms with Crippen LogP contribution >= 0.6 is 0 Å². The molecule has 0 bridgehead atoms. The van der Waals surface area contributed by atoms with Gasteiger partial charge in [0.05, 0.1) is 19.8 Å². The van der Waals surface area contributed by atoms with Crippen LogP contribution < -0.4 is 5.32 Å². The molecule has 0 heterocycles. The van der Waals surface area contributed by atoms with Gasteiger partial charge >= 0.3 is 0 Å². The van der Waals surface area contributed by atoms with Crippen LogP contribution in [-0.4, -0.2) is 38.9 Å². The summed E-state index contributed by atoms with van der Waals surface area (Å²) in [5.41, 5.74) is 0.515. The lowest BCUT2D eigenvalue weighted by molar-refractivity contribution is -0.117. The standard InChI is InChI=1S/C11H21NO3/c1-4-6-14-8-9-15-7-5-12-11(13)10(2)3/h2,4-9H2,1,3H3,(H,12,13). The van der Waals surface area contributed by atoms with E-state index >= 15 is 0 Å². The molecule has 15 heavy (non-hydrogen) atoms. The third-order valence-electron chi connectivity index (χ3n) is 1.64. The van der Waals surface area contributed by atoms with E-state index in [2.05, 4.69) is 18.8 Å². The number of hydrogen-bond donors (Lipinski definition) is 1. The number of hydrogen-bond acceptors (Lipinski definition) is 3. The van der Waals surface area contributed by atoms with Gasteiger partial charge in [0.1, 0.15) is 0 Å². The van der Waals surface area contributed by atoms with E-state index in [1.807, 2.05) is 0 Å². The average Bonchev–Trinajstić information content (AvgIpc) is 2.21. The fraction of sp³-hybridized carbons (Fsp3) is 0.727. The van der Waals surface area contributed by atoms with Crippen LogP contribution in [0.25, 0.3) is 0 Å². The van der Waals surface area contributed by atoms with Crippen LogP contribution in [0.4, 0.5) is 0 Å². The van der Waals surface area contributed by atoms with Crippen LogP contribution in [0.5, 0.6) is 0 Å². The summed E-state index contributed by atoms with van der Waals surface area (Å²) in [5.74, 6) is -0.124. The molecule has 0 rings (SSSR count). The highest BCUT2D eigenvalue weighted by Crippen LogP contribution is 1.85. The lowest BCUT2D eigenvalue weighted by Gasteiger charge is -2.06. The predicted molar refractivity (Wildman–Crippen MR) is 59.8 cm³/mol. The van der Waals surface area contributed by atoms with Crippen molar-refractivity contribution in [3.8, 4) is 0 Å². The van der Waals surface area contributed by atoms with Gasteiger partial charge in [-0.1, -0.05) is 13.5 Å². The summed E-state index contributed by atoms with van der Waals surface area (Å²) >= 11 is 0.